The molecule has 2 N–H and O–H groups in total. The summed E-state index contributed by atoms with van der Waals surface area (Å²) in [6.45, 7) is 13.1. The third-order valence-corrected chi connectivity index (χ3v) is 6.23. The van der Waals surface area contributed by atoms with Crippen LogP contribution >= 0.6 is 24.0 Å². The molecule has 2 fully saturated rings. The number of rotatable bonds is 8. The fourth-order valence-electron chi connectivity index (χ4n) is 4.17. The van der Waals surface area contributed by atoms with Gasteiger partial charge in [-0.3, -0.25) is 14.8 Å². The van der Waals surface area contributed by atoms with Gasteiger partial charge >= 0.3 is 0 Å². The summed E-state index contributed by atoms with van der Waals surface area (Å²) in [6, 6.07) is 8.60. The first-order chi connectivity index (χ1) is 15.0. The van der Waals surface area contributed by atoms with Gasteiger partial charge in [0.1, 0.15) is 5.75 Å². The minimum absolute atomic E-state index is 0. The van der Waals surface area contributed by atoms with Gasteiger partial charge in [0.2, 0.25) is 0 Å². The summed E-state index contributed by atoms with van der Waals surface area (Å²) >= 11 is 0. The number of hydrogen-bond acceptors (Lipinski definition) is 6. The van der Waals surface area contributed by atoms with Gasteiger partial charge in [-0.25, -0.2) is 0 Å². The molecule has 1 unspecified atom stereocenters. The molecule has 182 valence electrons. The number of ether oxygens (including phenoxy) is 3. The summed E-state index contributed by atoms with van der Waals surface area (Å²) in [5.74, 6) is 1.70. The van der Waals surface area contributed by atoms with Crippen LogP contribution in [0.25, 0.3) is 0 Å². The predicted molar refractivity (Wildman–Crippen MR) is 139 cm³/mol. The number of nitrogens with one attached hydrogen (secondary N) is 2. The molecule has 9 heteroatoms. The number of halogens is 1. The maximum atomic E-state index is 5.57. The summed E-state index contributed by atoms with van der Waals surface area (Å²) in [5, 5.41) is 7.08. The largest absolute Gasteiger partial charge is 0.497 e. The Kier molecular flexibility index (Phi) is 11.5. The second-order valence-electron chi connectivity index (χ2n) is 8.66. The molecule has 0 amide bonds. The van der Waals surface area contributed by atoms with Gasteiger partial charge in [-0.15, -0.1) is 24.0 Å². The van der Waals surface area contributed by atoms with E-state index in [4.69, 9.17) is 14.2 Å². The zero-order valence-electron chi connectivity index (χ0n) is 19.9. The fraction of sp³-hybridized carbons (Fsp3) is 0.696. The quantitative estimate of drug-likeness (QED) is 0.286. The zero-order chi connectivity index (χ0) is 22.1. The Hall–Kier alpha value is -1.14. The van der Waals surface area contributed by atoms with E-state index < -0.39 is 0 Å². The first-order valence-electron chi connectivity index (χ1n) is 11.3. The van der Waals surface area contributed by atoms with Crippen molar-refractivity contribution in [1.82, 2.24) is 20.4 Å². The molecular weight excluding hydrogens is 521 g/mol. The average molecular weight is 562 g/mol. The lowest BCUT2D eigenvalue weighted by atomic mass is 10.0. The molecule has 1 atom stereocenters. The molecule has 2 heterocycles. The lowest BCUT2D eigenvalue weighted by Crippen LogP contribution is -2.57. The predicted octanol–water partition coefficient (Wildman–Crippen LogP) is 1.96. The summed E-state index contributed by atoms with van der Waals surface area (Å²) in [4.78, 5) is 9.41. The highest BCUT2D eigenvalue weighted by molar-refractivity contribution is 14.0. The number of aliphatic imine (C=N–C) groups is 1. The number of hydrogen-bond donors (Lipinski definition) is 2. The molecule has 0 aliphatic carbocycles. The molecular formula is C23H40IN5O3. The highest BCUT2D eigenvalue weighted by atomic mass is 127. The standard InChI is InChI=1S/C23H39N5O3.HI/c1-23(2,28-11-15-31-16-12-28)18-26-22(24-3)25-17-21(27-9-13-30-14-10-27)19-5-7-20(29-4)8-6-19;/h5-8,21H,9-18H2,1-4H3,(H2,24,25,26);1H. The summed E-state index contributed by atoms with van der Waals surface area (Å²) in [5.41, 5.74) is 1.29. The molecule has 1 aromatic rings. The number of morpholine rings is 2. The highest BCUT2D eigenvalue weighted by Crippen LogP contribution is 2.23. The lowest BCUT2D eigenvalue weighted by Gasteiger charge is -2.41. The molecule has 2 aliphatic rings. The van der Waals surface area contributed by atoms with Crippen LogP contribution < -0.4 is 15.4 Å². The Morgan fingerprint density at radius 3 is 2.19 bits per heavy atom. The van der Waals surface area contributed by atoms with Crippen LogP contribution in [-0.2, 0) is 9.47 Å². The van der Waals surface area contributed by atoms with Crippen molar-refractivity contribution in [2.45, 2.75) is 25.4 Å². The van der Waals surface area contributed by atoms with Crippen molar-refractivity contribution >= 4 is 29.9 Å². The van der Waals surface area contributed by atoms with Gasteiger partial charge in [-0.05, 0) is 31.5 Å². The van der Waals surface area contributed by atoms with Crippen molar-refractivity contribution in [3.05, 3.63) is 29.8 Å². The third-order valence-electron chi connectivity index (χ3n) is 6.23. The van der Waals surface area contributed by atoms with Gasteiger partial charge in [0.25, 0.3) is 0 Å². The van der Waals surface area contributed by atoms with E-state index in [1.54, 1.807) is 7.11 Å². The Labute approximate surface area is 210 Å². The Morgan fingerprint density at radius 2 is 1.62 bits per heavy atom. The van der Waals surface area contributed by atoms with Gasteiger partial charge in [0.15, 0.2) is 5.96 Å². The van der Waals surface area contributed by atoms with E-state index in [1.165, 1.54) is 5.56 Å². The molecule has 2 aliphatic heterocycles. The van der Waals surface area contributed by atoms with Crippen LogP contribution in [0.5, 0.6) is 5.75 Å². The van der Waals surface area contributed by atoms with Gasteiger partial charge in [0.05, 0.1) is 39.6 Å². The molecule has 0 radical (unpaired) electrons. The molecule has 0 bridgehead atoms. The number of methoxy groups -OCH3 is 1. The van der Waals surface area contributed by atoms with Crippen molar-refractivity contribution in [3.63, 3.8) is 0 Å². The van der Waals surface area contributed by atoms with Gasteiger partial charge in [-0.1, -0.05) is 12.1 Å². The van der Waals surface area contributed by atoms with Gasteiger partial charge in [0, 0.05) is 51.9 Å². The molecule has 1 aromatic carbocycles. The first kappa shape index (κ1) is 27.1. The second-order valence-corrected chi connectivity index (χ2v) is 8.66. The van der Waals surface area contributed by atoms with Crippen molar-refractivity contribution in [1.29, 1.82) is 0 Å². The number of nitrogens with zero attached hydrogens (tertiary/aromatic N) is 3. The van der Waals surface area contributed by atoms with Crippen molar-refractivity contribution in [2.24, 2.45) is 4.99 Å². The molecule has 2 saturated heterocycles. The average Bonchev–Trinajstić information content (AvgIpc) is 2.82. The van der Waals surface area contributed by atoms with Crippen molar-refractivity contribution < 1.29 is 14.2 Å². The Morgan fingerprint density at radius 1 is 1.03 bits per heavy atom. The smallest absolute Gasteiger partial charge is 0.191 e. The molecule has 0 spiro atoms. The minimum Gasteiger partial charge on any atom is -0.497 e. The van der Waals surface area contributed by atoms with Crippen LogP contribution in [0.15, 0.2) is 29.3 Å². The maximum absolute atomic E-state index is 5.57. The van der Waals surface area contributed by atoms with Crippen LogP contribution in [0, 0.1) is 0 Å². The van der Waals surface area contributed by atoms with Crippen molar-refractivity contribution in [2.75, 3.05) is 79.9 Å². The highest BCUT2D eigenvalue weighted by Gasteiger charge is 2.28. The van der Waals surface area contributed by atoms with Gasteiger partial charge < -0.3 is 24.8 Å². The van der Waals surface area contributed by atoms with Crippen LogP contribution in [-0.4, -0.2) is 101 Å². The van der Waals surface area contributed by atoms with E-state index in [0.29, 0.717) is 0 Å². The SMILES string of the molecule is CN=C(NCC(c1ccc(OC)cc1)N1CCOCC1)NCC(C)(C)N1CCOCC1.I. The molecule has 0 saturated carbocycles. The topological polar surface area (TPSA) is 70.6 Å². The summed E-state index contributed by atoms with van der Waals surface area (Å²) in [7, 11) is 3.53. The van der Waals surface area contributed by atoms with Crippen LogP contribution in [0.3, 0.4) is 0 Å². The van der Waals surface area contributed by atoms with E-state index >= 15 is 0 Å². The van der Waals surface area contributed by atoms with E-state index in [2.05, 4.69) is 51.4 Å². The third kappa shape index (κ3) is 7.72. The van der Waals surface area contributed by atoms with Crippen LogP contribution in [0.1, 0.15) is 25.5 Å². The van der Waals surface area contributed by atoms with Gasteiger partial charge in [-0.2, -0.15) is 0 Å². The molecule has 32 heavy (non-hydrogen) atoms. The van der Waals surface area contributed by atoms with Crippen LogP contribution in [0.4, 0.5) is 0 Å². The Balaban J connectivity index is 0.00000363. The number of guanidine groups is 1. The fourth-order valence-corrected chi connectivity index (χ4v) is 4.17. The van der Waals surface area contributed by atoms with E-state index in [-0.39, 0.29) is 35.6 Å². The first-order valence-corrected chi connectivity index (χ1v) is 11.3. The van der Waals surface area contributed by atoms with Crippen molar-refractivity contribution in [3.8, 4) is 5.75 Å². The maximum Gasteiger partial charge on any atom is 0.191 e. The molecule has 8 nitrogen and oxygen atoms in total. The minimum atomic E-state index is 0. The van der Waals surface area contributed by atoms with E-state index in [9.17, 15) is 0 Å². The molecule has 0 aromatic heterocycles. The zero-order valence-corrected chi connectivity index (χ0v) is 22.3. The lowest BCUT2D eigenvalue weighted by molar-refractivity contribution is -0.00836. The normalized spacial score (nSPS) is 19.7. The summed E-state index contributed by atoms with van der Waals surface area (Å²) < 4.78 is 16.4. The molecule has 3 rings (SSSR count). The van der Waals surface area contributed by atoms with E-state index in [0.717, 1.165) is 77.4 Å². The number of benzene rings is 1. The van der Waals surface area contributed by atoms with Crippen LogP contribution in [0.2, 0.25) is 0 Å². The monoisotopic (exact) mass is 561 g/mol. The van der Waals surface area contributed by atoms with E-state index in [1.807, 2.05) is 19.2 Å². The second kappa shape index (κ2) is 13.5. The summed E-state index contributed by atoms with van der Waals surface area (Å²) in [6.07, 6.45) is 0. The Bertz CT molecular complexity index is 689.